The Kier molecular flexibility index (Phi) is 7.30. The van der Waals surface area contributed by atoms with Gasteiger partial charge in [-0.05, 0) is 25.7 Å². The summed E-state index contributed by atoms with van der Waals surface area (Å²) < 4.78 is 5.63. The fourth-order valence-corrected chi connectivity index (χ4v) is 3.37. The minimum absolute atomic E-state index is 0.0491. The second-order valence-corrected chi connectivity index (χ2v) is 6.51. The van der Waals surface area contributed by atoms with Gasteiger partial charge in [0.1, 0.15) is 0 Å². The molecule has 0 aromatic heterocycles. The maximum absolute atomic E-state index is 12.6. The van der Waals surface area contributed by atoms with E-state index in [-0.39, 0.29) is 30.4 Å². The Morgan fingerprint density at radius 2 is 2.09 bits per heavy atom. The number of hydrogen-bond donors (Lipinski definition) is 1. The number of rotatable bonds is 8. The van der Waals surface area contributed by atoms with E-state index in [1.807, 2.05) is 9.80 Å². The molecule has 2 unspecified atom stereocenters. The third-order valence-electron chi connectivity index (χ3n) is 4.55. The van der Waals surface area contributed by atoms with Crippen LogP contribution in [0.3, 0.4) is 0 Å². The number of nitrogens with zero attached hydrogens (tertiary/aromatic N) is 2. The van der Waals surface area contributed by atoms with Gasteiger partial charge in [-0.3, -0.25) is 9.59 Å². The van der Waals surface area contributed by atoms with E-state index >= 15 is 0 Å². The molecule has 6 nitrogen and oxygen atoms in total. The molecule has 2 amide bonds. The zero-order chi connectivity index (χ0) is 16.7. The van der Waals surface area contributed by atoms with Crippen LogP contribution in [0.5, 0.6) is 0 Å². The molecule has 2 rings (SSSR count). The third-order valence-corrected chi connectivity index (χ3v) is 4.55. The van der Waals surface area contributed by atoms with E-state index in [0.717, 1.165) is 51.9 Å². The second-order valence-electron chi connectivity index (χ2n) is 6.51. The SMILES string of the molecule is CCCN(CCC)C(=O)CC1NCCN(CC2CCCO2)C1=O. The van der Waals surface area contributed by atoms with Crippen LogP contribution in [0.1, 0.15) is 46.0 Å². The van der Waals surface area contributed by atoms with Gasteiger partial charge in [0.25, 0.3) is 0 Å². The molecular formula is C17H31N3O3. The summed E-state index contributed by atoms with van der Waals surface area (Å²) in [4.78, 5) is 28.9. The first-order chi connectivity index (χ1) is 11.2. The van der Waals surface area contributed by atoms with Gasteiger partial charge >= 0.3 is 0 Å². The molecule has 0 radical (unpaired) electrons. The highest BCUT2D eigenvalue weighted by atomic mass is 16.5. The molecule has 0 bridgehead atoms. The van der Waals surface area contributed by atoms with Crippen molar-refractivity contribution >= 4 is 11.8 Å². The molecular weight excluding hydrogens is 294 g/mol. The summed E-state index contributed by atoms with van der Waals surface area (Å²) in [5.74, 6) is 0.131. The molecule has 23 heavy (non-hydrogen) atoms. The molecule has 1 N–H and O–H groups in total. The lowest BCUT2D eigenvalue weighted by Gasteiger charge is -2.35. The van der Waals surface area contributed by atoms with Crippen molar-refractivity contribution in [2.45, 2.75) is 58.1 Å². The predicted molar refractivity (Wildman–Crippen MR) is 89.1 cm³/mol. The van der Waals surface area contributed by atoms with Crippen molar-refractivity contribution in [3.63, 3.8) is 0 Å². The Bertz CT molecular complexity index is 391. The van der Waals surface area contributed by atoms with Crippen LogP contribution in [0.25, 0.3) is 0 Å². The van der Waals surface area contributed by atoms with Crippen LogP contribution < -0.4 is 5.32 Å². The Hall–Kier alpha value is -1.14. The summed E-state index contributed by atoms with van der Waals surface area (Å²) in [7, 11) is 0. The molecule has 0 aliphatic carbocycles. The minimum Gasteiger partial charge on any atom is -0.376 e. The van der Waals surface area contributed by atoms with Crippen LogP contribution in [0.15, 0.2) is 0 Å². The zero-order valence-corrected chi connectivity index (χ0v) is 14.6. The highest BCUT2D eigenvalue weighted by molar-refractivity contribution is 5.89. The summed E-state index contributed by atoms with van der Waals surface area (Å²) in [6, 6.07) is -0.381. The lowest BCUT2D eigenvalue weighted by atomic mass is 10.1. The number of carbonyl (C=O) groups excluding carboxylic acids is 2. The molecule has 0 aromatic carbocycles. The maximum Gasteiger partial charge on any atom is 0.240 e. The molecule has 2 atom stereocenters. The topological polar surface area (TPSA) is 61.9 Å². The van der Waals surface area contributed by atoms with Crippen molar-refractivity contribution in [1.82, 2.24) is 15.1 Å². The largest absolute Gasteiger partial charge is 0.376 e. The summed E-state index contributed by atoms with van der Waals surface area (Å²) in [6.07, 6.45) is 4.44. The van der Waals surface area contributed by atoms with Gasteiger partial charge in [0.2, 0.25) is 11.8 Å². The Morgan fingerprint density at radius 3 is 2.70 bits per heavy atom. The lowest BCUT2D eigenvalue weighted by molar-refractivity contribution is -0.142. The van der Waals surface area contributed by atoms with Gasteiger partial charge in [-0.25, -0.2) is 0 Å². The van der Waals surface area contributed by atoms with Crippen LogP contribution in [0.4, 0.5) is 0 Å². The van der Waals surface area contributed by atoms with Crippen molar-refractivity contribution in [3.8, 4) is 0 Å². The first-order valence-electron chi connectivity index (χ1n) is 9.07. The van der Waals surface area contributed by atoms with Crippen LogP contribution in [0.2, 0.25) is 0 Å². The fraction of sp³-hybridized carbons (Fsp3) is 0.882. The quantitative estimate of drug-likeness (QED) is 0.723. The Labute approximate surface area is 139 Å². The van der Waals surface area contributed by atoms with E-state index in [0.29, 0.717) is 13.1 Å². The Morgan fingerprint density at radius 1 is 1.35 bits per heavy atom. The minimum atomic E-state index is -0.381. The number of carbonyl (C=O) groups is 2. The van der Waals surface area contributed by atoms with Crippen molar-refractivity contribution in [2.75, 3.05) is 39.3 Å². The molecule has 2 aliphatic rings. The van der Waals surface area contributed by atoms with Crippen LogP contribution in [0, 0.1) is 0 Å². The molecule has 6 heteroatoms. The van der Waals surface area contributed by atoms with Crippen molar-refractivity contribution in [1.29, 1.82) is 0 Å². The molecule has 0 spiro atoms. The Balaban J connectivity index is 1.87. The van der Waals surface area contributed by atoms with Gasteiger partial charge < -0.3 is 19.9 Å². The third kappa shape index (κ3) is 5.18. The summed E-state index contributed by atoms with van der Waals surface area (Å²) in [5.41, 5.74) is 0. The van der Waals surface area contributed by atoms with E-state index in [4.69, 9.17) is 4.74 Å². The first-order valence-corrected chi connectivity index (χ1v) is 9.07. The van der Waals surface area contributed by atoms with E-state index in [1.54, 1.807) is 0 Å². The lowest BCUT2D eigenvalue weighted by Crippen LogP contribution is -2.57. The van der Waals surface area contributed by atoms with Crippen LogP contribution in [-0.2, 0) is 14.3 Å². The fourth-order valence-electron chi connectivity index (χ4n) is 3.37. The van der Waals surface area contributed by atoms with E-state index in [2.05, 4.69) is 19.2 Å². The average Bonchev–Trinajstić information content (AvgIpc) is 3.04. The van der Waals surface area contributed by atoms with Gasteiger partial charge in [-0.2, -0.15) is 0 Å². The van der Waals surface area contributed by atoms with Crippen molar-refractivity contribution in [2.24, 2.45) is 0 Å². The molecule has 0 saturated carbocycles. The summed E-state index contributed by atoms with van der Waals surface area (Å²) in [6.45, 7) is 8.61. The molecule has 2 fully saturated rings. The van der Waals surface area contributed by atoms with Gasteiger partial charge in [0.05, 0.1) is 18.6 Å². The van der Waals surface area contributed by atoms with Crippen LogP contribution >= 0.6 is 0 Å². The van der Waals surface area contributed by atoms with E-state index in [1.165, 1.54) is 0 Å². The van der Waals surface area contributed by atoms with E-state index in [9.17, 15) is 9.59 Å². The normalized spacial score (nSPS) is 25.0. The number of nitrogens with one attached hydrogen (secondary N) is 1. The van der Waals surface area contributed by atoms with Gasteiger partial charge in [0.15, 0.2) is 0 Å². The second kappa shape index (κ2) is 9.23. The standard InChI is InChI=1S/C17H31N3O3/c1-3-8-19(9-4-2)16(21)12-15-17(22)20(10-7-18-15)13-14-6-5-11-23-14/h14-15,18H,3-13H2,1-2H3. The summed E-state index contributed by atoms with van der Waals surface area (Å²) in [5, 5.41) is 3.21. The van der Waals surface area contributed by atoms with E-state index < -0.39 is 0 Å². The number of amides is 2. The summed E-state index contributed by atoms with van der Waals surface area (Å²) >= 11 is 0. The monoisotopic (exact) mass is 325 g/mol. The zero-order valence-electron chi connectivity index (χ0n) is 14.6. The first kappa shape index (κ1) is 18.2. The van der Waals surface area contributed by atoms with Crippen LogP contribution in [-0.4, -0.2) is 73.1 Å². The predicted octanol–water partition coefficient (Wildman–Crippen LogP) is 1.00. The van der Waals surface area contributed by atoms with Gasteiger partial charge in [-0.15, -0.1) is 0 Å². The average molecular weight is 325 g/mol. The van der Waals surface area contributed by atoms with Gasteiger partial charge in [-0.1, -0.05) is 13.8 Å². The van der Waals surface area contributed by atoms with Gasteiger partial charge in [0, 0.05) is 39.3 Å². The van der Waals surface area contributed by atoms with Crippen molar-refractivity contribution in [3.05, 3.63) is 0 Å². The molecule has 2 heterocycles. The number of hydrogen-bond acceptors (Lipinski definition) is 4. The smallest absolute Gasteiger partial charge is 0.240 e. The van der Waals surface area contributed by atoms with Crippen molar-refractivity contribution < 1.29 is 14.3 Å². The molecule has 2 saturated heterocycles. The molecule has 0 aromatic rings. The molecule has 2 aliphatic heterocycles. The molecule has 132 valence electrons. The number of ether oxygens (including phenoxy) is 1. The maximum atomic E-state index is 12.6. The highest BCUT2D eigenvalue weighted by Crippen LogP contribution is 2.16. The number of piperazine rings is 1. The highest BCUT2D eigenvalue weighted by Gasteiger charge is 2.33.